The van der Waals surface area contributed by atoms with Crippen molar-refractivity contribution in [2.24, 2.45) is 5.84 Å². The van der Waals surface area contributed by atoms with Crippen molar-refractivity contribution >= 4 is 18.0 Å². The fraction of sp³-hybridized carbons (Fsp3) is 0.0588. The molecule has 0 aliphatic carbocycles. The van der Waals surface area contributed by atoms with E-state index in [0.717, 1.165) is 11.1 Å². The monoisotopic (exact) mass is 296 g/mol. The number of hydrogen-bond donors (Lipinski definition) is 2. The molecule has 0 unspecified atom stereocenters. The average Bonchev–Trinajstić information content (AvgIpc) is 2.53. The Morgan fingerprint density at radius 2 is 1.91 bits per heavy atom. The van der Waals surface area contributed by atoms with E-state index in [1.807, 2.05) is 18.4 Å². The second-order valence-electron chi connectivity index (χ2n) is 4.67. The maximum atomic E-state index is 12.1. The number of carbonyl (C=O) groups is 2. The van der Waals surface area contributed by atoms with Crippen molar-refractivity contribution in [3.8, 4) is 5.75 Å². The van der Waals surface area contributed by atoms with Crippen LogP contribution in [0.25, 0.3) is 6.08 Å². The van der Waals surface area contributed by atoms with Crippen molar-refractivity contribution < 1.29 is 14.3 Å². The number of carbonyl (C=O) groups excluding carboxylic acids is 2. The molecule has 2 rings (SSSR count). The van der Waals surface area contributed by atoms with Crippen LogP contribution in [0.4, 0.5) is 0 Å². The van der Waals surface area contributed by atoms with Gasteiger partial charge < -0.3 is 4.74 Å². The molecule has 0 aliphatic rings. The van der Waals surface area contributed by atoms with Gasteiger partial charge in [-0.2, -0.15) is 0 Å². The van der Waals surface area contributed by atoms with E-state index in [1.54, 1.807) is 48.5 Å². The molecule has 5 nitrogen and oxygen atoms in total. The summed E-state index contributed by atoms with van der Waals surface area (Å²) < 4.78 is 5.33. The molecule has 22 heavy (non-hydrogen) atoms. The molecule has 0 atom stereocenters. The Morgan fingerprint density at radius 3 is 2.64 bits per heavy atom. The first-order valence-corrected chi connectivity index (χ1v) is 6.66. The normalized spacial score (nSPS) is 10.5. The maximum Gasteiger partial charge on any atom is 0.343 e. The van der Waals surface area contributed by atoms with Gasteiger partial charge in [0, 0.05) is 6.08 Å². The molecule has 1 amide bonds. The van der Waals surface area contributed by atoms with Crippen molar-refractivity contribution in [1.82, 2.24) is 5.43 Å². The van der Waals surface area contributed by atoms with Gasteiger partial charge in [-0.25, -0.2) is 10.6 Å². The summed E-state index contributed by atoms with van der Waals surface area (Å²) in [4.78, 5) is 23.1. The molecular formula is C17H16N2O3. The fourth-order valence-electron chi connectivity index (χ4n) is 1.84. The number of ether oxygens (including phenoxy) is 1. The van der Waals surface area contributed by atoms with Crippen molar-refractivity contribution in [2.75, 3.05) is 0 Å². The molecule has 0 bridgehead atoms. The summed E-state index contributed by atoms with van der Waals surface area (Å²) in [5.74, 6) is 4.55. The SMILES string of the molecule is Cc1cccc(C(=O)Oc2cccc(/C=C/C(=O)NN)c2)c1. The van der Waals surface area contributed by atoms with E-state index in [1.165, 1.54) is 6.08 Å². The summed E-state index contributed by atoms with van der Waals surface area (Å²) in [7, 11) is 0. The molecule has 0 aliphatic heterocycles. The van der Waals surface area contributed by atoms with Crippen LogP contribution in [0, 0.1) is 6.92 Å². The number of benzene rings is 2. The highest BCUT2D eigenvalue weighted by Crippen LogP contribution is 2.16. The molecule has 0 radical (unpaired) electrons. The van der Waals surface area contributed by atoms with E-state index in [2.05, 4.69) is 0 Å². The van der Waals surface area contributed by atoms with Crippen LogP contribution in [-0.4, -0.2) is 11.9 Å². The van der Waals surface area contributed by atoms with Gasteiger partial charge in [-0.3, -0.25) is 10.2 Å². The first-order chi connectivity index (χ1) is 10.6. The first-order valence-electron chi connectivity index (χ1n) is 6.66. The highest BCUT2D eigenvalue weighted by atomic mass is 16.5. The lowest BCUT2D eigenvalue weighted by molar-refractivity contribution is -0.116. The summed E-state index contributed by atoms with van der Waals surface area (Å²) in [5, 5.41) is 0. The van der Waals surface area contributed by atoms with Crippen LogP contribution in [0.1, 0.15) is 21.5 Å². The number of nitrogens with one attached hydrogen (secondary N) is 1. The van der Waals surface area contributed by atoms with Crippen molar-refractivity contribution in [1.29, 1.82) is 0 Å². The van der Waals surface area contributed by atoms with Gasteiger partial charge in [0.2, 0.25) is 0 Å². The fourth-order valence-corrected chi connectivity index (χ4v) is 1.84. The lowest BCUT2D eigenvalue weighted by atomic mass is 10.1. The van der Waals surface area contributed by atoms with E-state index in [-0.39, 0.29) is 0 Å². The Bertz CT molecular complexity index is 723. The molecule has 0 spiro atoms. The zero-order chi connectivity index (χ0) is 15.9. The van der Waals surface area contributed by atoms with Gasteiger partial charge in [-0.05, 0) is 42.8 Å². The molecule has 5 heteroatoms. The van der Waals surface area contributed by atoms with Gasteiger partial charge in [0.05, 0.1) is 5.56 Å². The number of esters is 1. The standard InChI is InChI=1S/C17H16N2O3/c1-12-4-2-6-14(10-12)17(21)22-15-7-3-5-13(11-15)8-9-16(20)19-18/h2-11H,18H2,1H3,(H,19,20)/b9-8+. The lowest BCUT2D eigenvalue weighted by Crippen LogP contribution is -2.27. The van der Waals surface area contributed by atoms with Crippen LogP contribution in [-0.2, 0) is 4.79 Å². The predicted molar refractivity (Wildman–Crippen MR) is 83.9 cm³/mol. The Balaban J connectivity index is 2.12. The molecule has 2 aromatic carbocycles. The summed E-state index contributed by atoms with van der Waals surface area (Å²) in [6, 6.07) is 14.0. The molecule has 3 N–H and O–H groups in total. The van der Waals surface area contributed by atoms with Gasteiger partial charge in [-0.1, -0.05) is 29.8 Å². The number of amides is 1. The maximum absolute atomic E-state index is 12.1. The van der Waals surface area contributed by atoms with Crippen molar-refractivity contribution in [3.05, 3.63) is 71.3 Å². The number of nitrogens with two attached hydrogens (primary N) is 1. The van der Waals surface area contributed by atoms with Crippen LogP contribution in [0.15, 0.2) is 54.6 Å². The van der Waals surface area contributed by atoms with E-state index >= 15 is 0 Å². The van der Waals surface area contributed by atoms with Gasteiger partial charge in [-0.15, -0.1) is 0 Å². The van der Waals surface area contributed by atoms with Crippen LogP contribution in [0.5, 0.6) is 5.75 Å². The predicted octanol–water partition coefficient (Wildman–Crippen LogP) is 2.22. The molecule has 0 heterocycles. The third kappa shape index (κ3) is 4.29. The molecule has 2 aromatic rings. The first kappa shape index (κ1) is 15.5. The quantitative estimate of drug-likeness (QED) is 0.226. The lowest BCUT2D eigenvalue weighted by Gasteiger charge is -2.05. The number of aryl methyl sites for hydroxylation is 1. The zero-order valence-electron chi connectivity index (χ0n) is 12.1. The van der Waals surface area contributed by atoms with Crippen molar-refractivity contribution in [2.45, 2.75) is 6.92 Å². The van der Waals surface area contributed by atoms with E-state index in [4.69, 9.17) is 10.6 Å². The van der Waals surface area contributed by atoms with Gasteiger partial charge in [0.25, 0.3) is 5.91 Å². The number of hydrogen-bond acceptors (Lipinski definition) is 4. The van der Waals surface area contributed by atoms with Gasteiger partial charge >= 0.3 is 5.97 Å². The van der Waals surface area contributed by atoms with E-state index in [0.29, 0.717) is 11.3 Å². The van der Waals surface area contributed by atoms with Gasteiger partial charge in [0.15, 0.2) is 0 Å². The van der Waals surface area contributed by atoms with Crippen LogP contribution < -0.4 is 16.0 Å². The van der Waals surface area contributed by atoms with E-state index < -0.39 is 11.9 Å². The molecule has 0 saturated heterocycles. The summed E-state index contributed by atoms with van der Waals surface area (Å²) in [6.45, 7) is 1.91. The highest BCUT2D eigenvalue weighted by Gasteiger charge is 2.08. The molecule has 112 valence electrons. The molecule has 0 saturated carbocycles. The Hall–Kier alpha value is -2.92. The molecule has 0 aromatic heterocycles. The summed E-state index contributed by atoms with van der Waals surface area (Å²) in [5.41, 5.74) is 4.19. The third-order valence-electron chi connectivity index (χ3n) is 2.89. The molecular weight excluding hydrogens is 280 g/mol. The molecule has 0 fully saturated rings. The number of hydrazine groups is 1. The van der Waals surface area contributed by atoms with Crippen molar-refractivity contribution in [3.63, 3.8) is 0 Å². The Kier molecular flexibility index (Phi) is 5.06. The van der Waals surface area contributed by atoms with Crippen LogP contribution in [0.3, 0.4) is 0 Å². The minimum absolute atomic E-state index is 0.404. The third-order valence-corrected chi connectivity index (χ3v) is 2.89. The van der Waals surface area contributed by atoms with Crippen LogP contribution in [0.2, 0.25) is 0 Å². The average molecular weight is 296 g/mol. The second kappa shape index (κ2) is 7.19. The smallest absolute Gasteiger partial charge is 0.343 e. The Morgan fingerprint density at radius 1 is 1.14 bits per heavy atom. The van der Waals surface area contributed by atoms with Gasteiger partial charge in [0.1, 0.15) is 5.75 Å². The van der Waals surface area contributed by atoms with E-state index in [9.17, 15) is 9.59 Å². The van der Waals surface area contributed by atoms with Crippen LogP contribution >= 0.6 is 0 Å². The topological polar surface area (TPSA) is 81.4 Å². The number of rotatable bonds is 4. The summed E-state index contributed by atoms with van der Waals surface area (Å²) >= 11 is 0. The highest BCUT2D eigenvalue weighted by molar-refractivity contribution is 5.92. The second-order valence-corrected chi connectivity index (χ2v) is 4.67. The summed E-state index contributed by atoms with van der Waals surface area (Å²) in [6.07, 6.45) is 2.87. The minimum atomic E-state index is -0.426. The Labute approximate surface area is 128 Å². The zero-order valence-corrected chi connectivity index (χ0v) is 12.1. The largest absolute Gasteiger partial charge is 0.423 e. The minimum Gasteiger partial charge on any atom is -0.423 e.